The Hall–Kier alpha value is -2.59. The Labute approximate surface area is 181 Å². The Morgan fingerprint density at radius 3 is 2.19 bits per heavy atom. The molecular formula is C16H15F6N3O5S2. The number of benzene rings is 1. The molecule has 0 saturated carbocycles. The van der Waals surface area contributed by atoms with Gasteiger partial charge < -0.3 is 15.2 Å². The van der Waals surface area contributed by atoms with Crippen molar-refractivity contribution in [3.05, 3.63) is 29.5 Å². The van der Waals surface area contributed by atoms with E-state index in [-0.39, 0.29) is 27.2 Å². The molecule has 0 spiro atoms. The lowest BCUT2D eigenvalue weighted by molar-refractivity contribution is -0.376. The number of thiazole rings is 1. The lowest BCUT2D eigenvalue weighted by Crippen LogP contribution is -2.53. The Kier molecular flexibility index (Phi) is 6.74. The zero-order valence-electron chi connectivity index (χ0n) is 16.3. The van der Waals surface area contributed by atoms with Crippen LogP contribution in [0.1, 0.15) is 18.2 Å². The number of rotatable bonds is 6. The number of alkyl halides is 6. The van der Waals surface area contributed by atoms with Gasteiger partial charge >= 0.3 is 12.4 Å². The van der Waals surface area contributed by atoms with Gasteiger partial charge in [0.2, 0.25) is 5.91 Å². The average molecular weight is 507 g/mol. The highest BCUT2D eigenvalue weighted by Gasteiger charge is 2.71. The number of ether oxygens (including phenoxy) is 1. The monoisotopic (exact) mass is 507 g/mol. The second kappa shape index (κ2) is 8.40. The van der Waals surface area contributed by atoms with Gasteiger partial charge in [0.15, 0.2) is 9.34 Å². The highest BCUT2D eigenvalue weighted by atomic mass is 32.2. The van der Waals surface area contributed by atoms with Crippen LogP contribution in [-0.4, -0.2) is 43.9 Å². The van der Waals surface area contributed by atoms with E-state index in [1.165, 1.54) is 13.8 Å². The third-order valence-corrected chi connectivity index (χ3v) is 7.01. The third kappa shape index (κ3) is 4.75. The van der Waals surface area contributed by atoms with Crippen molar-refractivity contribution in [1.29, 1.82) is 0 Å². The van der Waals surface area contributed by atoms with Crippen molar-refractivity contribution in [3.63, 3.8) is 0 Å². The first-order valence-corrected chi connectivity index (χ1v) is 10.6. The summed E-state index contributed by atoms with van der Waals surface area (Å²) in [6.45, 7) is 2.47. The van der Waals surface area contributed by atoms with Crippen molar-refractivity contribution in [1.82, 2.24) is 4.98 Å². The molecule has 0 unspecified atom stereocenters. The van der Waals surface area contributed by atoms with Gasteiger partial charge in [-0.2, -0.15) is 26.3 Å². The van der Waals surface area contributed by atoms with E-state index < -0.39 is 50.9 Å². The van der Waals surface area contributed by atoms with Crippen LogP contribution in [0.25, 0.3) is 0 Å². The van der Waals surface area contributed by atoms with E-state index in [1.807, 2.05) is 4.72 Å². The Balaban J connectivity index is 2.51. The van der Waals surface area contributed by atoms with Crippen molar-refractivity contribution in [3.8, 4) is 5.75 Å². The Bertz CT molecular complexity index is 1110. The van der Waals surface area contributed by atoms with Crippen LogP contribution in [0.5, 0.6) is 5.75 Å². The lowest BCUT2D eigenvalue weighted by Gasteiger charge is -2.33. The average Bonchev–Trinajstić information content (AvgIpc) is 2.99. The SMILES string of the molecule is COc1cc(C(O)(C(F)(F)F)C(F)(F)F)ccc1NS(=O)(=O)c1sc(NC(C)=O)nc1C. The van der Waals surface area contributed by atoms with Crippen LogP contribution in [-0.2, 0) is 20.4 Å². The van der Waals surface area contributed by atoms with E-state index >= 15 is 0 Å². The second-order valence-corrected chi connectivity index (χ2v) is 9.18. The van der Waals surface area contributed by atoms with Crippen LogP contribution < -0.4 is 14.8 Å². The number of carbonyl (C=O) groups is 1. The number of aryl methyl sites for hydroxylation is 1. The first-order chi connectivity index (χ1) is 14.4. The number of sulfonamides is 1. The number of carbonyl (C=O) groups excluding carboxylic acids is 1. The first kappa shape index (κ1) is 25.7. The molecule has 0 radical (unpaired) electrons. The normalized spacial score (nSPS) is 13.1. The van der Waals surface area contributed by atoms with Crippen LogP contribution >= 0.6 is 11.3 Å². The molecule has 1 aromatic carbocycles. The first-order valence-electron chi connectivity index (χ1n) is 8.26. The standard InChI is InChI=1S/C16H15F6N3O5S2/c1-7-12(31-13(23-7)24-8(2)26)32(28,29)25-10-5-4-9(6-11(10)30-3)14(27,15(17,18)19)16(20,21)22/h4-6,25,27H,1-3H3,(H,23,24,26). The molecule has 0 bridgehead atoms. The fourth-order valence-corrected chi connectivity index (χ4v) is 5.05. The van der Waals surface area contributed by atoms with Gasteiger partial charge in [0.25, 0.3) is 15.6 Å². The highest BCUT2D eigenvalue weighted by Crippen LogP contribution is 2.51. The third-order valence-electron chi connectivity index (χ3n) is 3.97. The predicted molar refractivity (Wildman–Crippen MR) is 101 cm³/mol. The van der Waals surface area contributed by atoms with Crippen LogP contribution in [0.3, 0.4) is 0 Å². The summed E-state index contributed by atoms with van der Waals surface area (Å²) in [6, 6.07) is 1.07. The van der Waals surface area contributed by atoms with Crippen molar-refractivity contribution >= 4 is 38.1 Å². The summed E-state index contributed by atoms with van der Waals surface area (Å²) in [7, 11) is -3.55. The zero-order chi connectivity index (χ0) is 24.7. The summed E-state index contributed by atoms with van der Waals surface area (Å²) in [5.74, 6) is -1.24. The minimum atomic E-state index is -6.13. The van der Waals surface area contributed by atoms with Crippen LogP contribution in [0, 0.1) is 6.92 Å². The number of anilines is 2. The van der Waals surface area contributed by atoms with Gasteiger partial charge in [0, 0.05) is 12.5 Å². The molecule has 1 aromatic heterocycles. The van der Waals surface area contributed by atoms with Crippen molar-refractivity contribution < 1.29 is 49.4 Å². The molecule has 8 nitrogen and oxygen atoms in total. The quantitative estimate of drug-likeness (QED) is 0.515. The molecule has 0 fully saturated rings. The second-order valence-electron chi connectivity index (χ2n) is 6.30. The topological polar surface area (TPSA) is 118 Å². The zero-order valence-corrected chi connectivity index (χ0v) is 18.0. The van der Waals surface area contributed by atoms with Crippen molar-refractivity contribution in [2.24, 2.45) is 0 Å². The summed E-state index contributed by atoms with van der Waals surface area (Å²) in [6.07, 6.45) is -12.3. The smallest absolute Gasteiger partial charge is 0.430 e. The predicted octanol–water partition coefficient (Wildman–Crippen LogP) is 3.53. The molecule has 0 saturated heterocycles. The largest absolute Gasteiger partial charge is 0.495 e. The summed E-state index contributed by atoms with van der Waals surface area (Å²) in [4.78, 5) is 15.0. The van der Waals surface area contributed by atoms with Gasteiger partial charge in [0.05, 0.1) is 18.5 Å². The number of aromatic nitrogens is 1. The highest BCUT2D eigenvalue weighted by molar-refractivity contribution is 7.94. The van der Waals surface area contributed by atoms with Crippen LogP contribution in [0.2, 0.25) is 0 Å². The van der Waals surface area contributed by atoms with Gasteiger partial charge in [-0.25, -0.2) is 13.4 Å². The van der Waals surface area contributed by atoms with E-state index in [0.29, 0.717) is 17.4 Å². The Morgan fingerprint density at radius 2 is 1.72 bits per heavy atom. The molecule has 0 atom stereocenters. The summed E-state index contributed by atoms with van der Waals surface area (Å²) in [5, 5.41) is 11.7. The summed E-state index contributed by atoms with van der Waals surface area (Å²) >= 11 is 0.570. The van der Waals surface area contributed by atoms with Crippen molar-refractivity contribution in [2.75, 3.05) is 17.1 Å². The molecule has 2 rings (SSSR count). The molecule has 3 N–H and O–H groups in total. The van der Waals surface area contributed by atoms with Crippen molar-refractivity contribution in [2.45, 2.75) is 36.0 Å². The van der Waals surface area contributed by atoms with E-state index in [4.69, 9.17) is 4.74 Å². The van der Waals surface area contributed by atoms with Gasteiger partial charge in [-0.15, -0.1) is 0 Å². The maximum Gasteiger partial charge on any atom is 0.430 e. The molecule has 0 aliphatic rings. The summed E-state index contributed by atoms with van der Waals surface area (Å²) < 4.78 is 110. The molecule has 1 amide bonds. The van der Waals surface area contributed by atoms with E-state index in [2.05, 4.69) is 10.3 Å². The lowest BCUT2D eigenvalue weighted by atomic mass is 9.92. The van der Waals surface area contributed by atoms with Gasteiger partial charge in [-0.3, -0.25) is 9.52 Å². The number of amides is 1. The van der Waals surface area contributed by atoms with E-state index in [9.17, 15) is 44.7 Å². The number of nitrogens with one attached hydrogen (secondary N) is 2. The number of hydrogen-bond donors (Lipinski definition) is 3. The molecule has 16 heteroatoms. The fourth-order valence-electron chi connectivity index (χ4n) is 2.52. The Morgan fingerprint density at radius 1 is 1.16 bits per heavy atom. The fraction of sp³-hybridized carbons (Fsp3) is 0.375. The molecule has 0 aliphatic carbocycles. The molecule has 32 heavy (non-hydrogen) atoms. The maximum absolute atomic E-state index is 13.1. The number of aliphatic hydroxyl groups is 1. The maximum atomic E-state index is 13.1. The molecule has 178 valence electrons. The van der Waals surface area contributed by atoms with Gasteiger partial charge in [0.1, 0.15) is 5.75 Å². The number of halogens is 6. The van der Waals surface area contributed by atoms with Gasteiger partial charge in [-0.1, -0.05) is 17.4 Å². The van der Waals surface area contributed by atoms with E-state index in [0.717, 1.165) is 7.11 Å². The molecule has 1 heterocycles. The van der Waals surface area contributed by atoms with E-state index in [1.54, 1.807) is 0 Å². The van der Waals surface area contributed by atoms with Crippen LogP contribution in [0.15, 0.2) is 22.4 Å². The number of nitrogens with zero attached hydrogens (tertiary/aromatic N) is 1. The summed E-state index contributed by atoms with van der Waals surface area (Å²) in [5.41, 5.74) is -7.37. The number of hydrogen-bond acceptors (Lipinski definition) is 7. The van der Waals surface area contributed by atoms with Crippen LogP contribution in [0.4, 0.5) is 37.2 Å². The van der Waals surface area contributed by atoms with Gasteiger partial charge in [-0.05, 0) is 19.1 Å². The molecule has 0 aliphatic heterocycles. The molecule has 2 aromatic rings. The molecular weight excluding hydrogens is 492 g/mol. The minimum Gasteiger partial charge on any atom is -0.495 e. The number of methoxy groups -OCH3 is 1. The minimum absolute atomic E-state index is 0.0228.